The minimum atomic E-state index is -0.224. The third-order valence-corrected chi connectivity index (χ3v) is 5.52. The maximum atomic E-state index is 12.9. The number of methoxy groups -OCH3 is 1. The Morgan fingerprint density at radius 1 is 1.17 bits per heavy atom. The number of nitrogens with one attached hydrogen (secondary N) is 1. The van der Waals surface area contributed by atoms with Crippen LogP contribution in [-0.4, -0.2) is 71.2 Å². The molecule has 1 N–H and O–H groups in total. The summed E-state index contributed by atoms with van der Waals surface area (Å²) in [6, 6.07) is 9.30. The Labute approximate surface area is 170 Å². The zero-order valence-electron chi connectivity index (χ0n) is 16.8. The third-order valence-electron chi connectivity index (χ3n) is 5.52. The van der Waals surface area contributed by atoms with Gasteiger partial charge in [0.25, 0.3) is 11.8 Å². The van der Waals surface area contributed by atoms with Crippen molar-refractivity contribution in [3.05, 3.63) is 47.3 Å². The van der Waals surface area contributed by atoms with E-state index in [1.807, 2.05) is 24.3 Å². The lowest BCUT2D eigenvalue weighted by Crippen LogP contribution is -2.39. The molecule has 154 valence electrons. The molecule has 29 heavy (non-hydrogen) atoms. The van der Waals surface area contributed by atoms with Crippen LogP contribution in [-0.2, 0) is 13.1 Å². The van der Waals surface area contributed by atoms with Gasteiger partial charge in [0.2, 0.25) is 0 Å². The van der Waals surface area contributed by atoms with Gasteiger partial charge in [0.15, 0.2) is 5.69 Å². The quantitative estimate of drug-likeness (QED) is 0.763. The molecule has 0 saturated carbocycles. The summed E-state index contributed by atoms with van der Waals surface area (Å²) in [6.07, 6.45) is 2.46. The van der Waals surface area contributed by atoms with Gasteiger partial charge in [-0.2, -0.15) is 5.10 Å². The summed E-state index contributed by atoms with van der Waals surface area (Å²) >= 11 is 0. The fourth-order valence-corrected chi connectivity index (χ4v) is 3.92. The molecule has 4 rings (SSSR count). The first kappa shape index (κ1) is 19.4. The number of carbonyl (C=O) groups is 2. The molecule has 2 aliphatic heterocycles. The fraction of sp³-hybridized carbons (Fsp3) is 0.476. The molecule has 3 heterocycles. The highest BCUT2D eigenvalue weighted by atomic mass is 16.5. The van der Waals surface area contributed by atoms with Crippen LogP contribution in [0.25, 0.3) is 0 Å². The molecule has 0 aliphatic carbocycles. The monoisotopic (exact) mass is 397 g/mol. The van der Waals surface area contributed by atoms with Crippen LogP contribution in [0.5, 0.6) is 5.75 Å². The van der Waals surface area contributed by atoms with Gasteiger partial charge in [0, 0.05) is 32.2 Å². The lowest BCUT2D eigenvalue weighted by atomic mass is 10.1. The first-order chi connectivity index (χ1) is 14.1. The minimum Gasteiger partial charge on any atom is -0.497 e. The molecule has 8 nitrogen and oxygen atoms in total. The van der Waals surface area contributed by atoms with E-state index in [1.54, 1.807) is 22.8 Å². The summed E-state index contributed by atoms with van der Waals surface area (Å²) < 4.78 is 6.90. The summed E-state index contributed by atoms with van der Waals surface area (Å²) in [6.45, 7) is 5.29. The van der Waals surface area contributed by atoms with Crippen LogP contribution in [0.3, 0.4) is 0 Å². The van der Waals surface area contributed by atoms with Crippen molar-refractivity contribution >= 4 is 11.8 Å². The Hall–Kier alpha value is -2.87. The molecule has 0 bridgehead atoms. The predicted octanol–water partition coefficient (Wildman–Crippen LogP) is 1.37. The van der Waals surface area contributed by atoms with Gasteiger partial charge in [-0.1, -0.05) is 12.1 Å². The van der Waals surface area contributed by atoms with E-state index in [0.717, 1.165) is 30.9 Å². The lowest BCUT2D eigenvalue weighted by Gasteiger charge is -2.27. The Balaban J connectivity index is 1.37. The van der Waals surface area contributed by atoms with E-state index >= 15 is 0 Å². The first-order valence-corrected chi connectivity index (χ1v) is 10.1. The zero-order valence-corrected chi connectivity index (χ0v) is 16.8. The van der Waals surface area contributed by atoms with Gasteiger partial charge in [-0.25, -0.2) is 0 Å². The van der Waals surface area contributed by atoms with Crippen LogP contribution in [0.1, 0.15) is 39.4 Å². The molecule has 0 atom stereocenters. The molecule has 1 fully saturated rings. The summed E-state index contributed by atoms with van der Waals surface area (Å²) in [5.74, 6) is 0.436. The average Bonchev–Trinajstić information content (AvgIpc) is 3.40. The standard InChI is InChI=1S/C21H27N5O3/c1-29-17-6-4-5-16(13-17)15-25-11-12-26-19(21(25)28)14-18(23-26)20(27)22-7-10-24-8-2-3-9-24/h4-6,13-14H,2-3,7-12,15H2,1H3,(H,22,27). The number of likely N-dealkylation sites (tertiary alicyclic amines) is 1. The number of ether oxygens (including phenoxy) is 1. The minimum absolute atomic E-state index is 0.109. The molecule has 8 heteroatoms. The second kappa shape index (κ2) is 8.65. The third kappa shape index (κ3) is 4.42. The zero-order chi connectivity index (χ0) is 20.2. The van der Waals surface area contributed by atoms with E-state index in [0.29, 0.717) is 37.6 Å². The second-order valence-electron chi connectivity index (χ2n) is 7.52. The largest absolute Gasteiger partial charge is 0.497 e. The smallest absolute Gasteiger partial charge is 0.272 e. The SMILES string of the molecule is COc1cccc(CN2CCn3nc(C(=O)NCCN4CCCC4)cc3C2=O)c1. The van der Waals surface area contributed by atoms with Crippen LogP contribution in [0.15, 0.2) is 30.3 Å². The molecule has 2 aliphatic rings. The highest BCUT2D eigenvalue weighted by Crippen LogP contribution is 2.19. The van der Waals surface area contributed by atoms with Crippen LogP contribution in [0.4, 0.5) is 0 Å². The van der Waals surface area contributed by atoms with Crippen molar-refractivity contribution in [2.24, 2.45) is 0 Å². The summed E-state index contributed by atoms with van der Waals surface area (Å²) in [5, 5.41) is 7.26. The van der Waals surface area contributed by atoms with E-state index < -0.39 is 0 Å². The van der Waals surface area contributed by atoms with Gasteiger partial charge >= 0.3 is 0 Å². The first-order valence-electron chi connectivity index (χ1n) is 10.1. The van der Waals surface area contributed by atoms with E-state index in [2.05, 4.69) is 15.3 Å². The Morgan fingerprint density at radius 2 is 2.00 bits per heavy atom. The normalized spacial score (nSPS) is 16.7. The van der Waals surface area contributed by atoms with Crippen LogP contribution in [0.2, 0.25) is 0 Å². The number of carbonyl (C=O) groups excluding carboxylic acids is 2. The predicted molar refractivity (Wildman–Crippen MR) is 108 cm³/mol. The highest BCUT2D eigenvalue weighted by Gasteiger charge is 2.28. The van der Waals surface area contributed by atoms with Gasteiger partial charge < -0.3 is 19.9 Å². The molecule has 1 aromatic heterocycles. The number of aromatic nitrogens is 2. The molecular weight excluding hydrogens is 370 g/mol. The number of rotatable bonds is 7. The van der Waals surface area contributed by atoms with Gasteiger partial charge in [0.1, 0.15) is 11.4 Å². The number of hydrogen-bond acceptors (Lipinski definition) is 5. The molecule has 2 aromatic rings. The Morgan fingerprint density at radius 3 is 2.79 bits per heavy atom. The van der Waals surface area contributed by atoms with Crippen LogP contribution in [0, 0.1) is 0 Å². The number of benzene rings is 1. The molecule has 0 unspecified atom stereocenters. The van der Waals surface area contributed by atoms with Crippen molar-refractivity contribution in [1.29, 1.82) is 0 Å². The molecule has 0 spiro atoms. The number of nitrogens with zero attached hydrogens (tertiary/aromatic N) is 4. The number of hydrogen-bond donors (Lipinski definition) is 1. The van der Waals surface area contributed by atoms with Crippen LogP contribution < -0.4 is 10.1 Å². The van der Waals surface area contributed by atoms with E-state index in [9.17, 15) is 9.59 Å². The van der Waals surface area contributed by atoms with Crippen molar-refractivity contribution in [3.8, 4) is 5.75 Å². The van der Waals surface area contributed by atoms with Gasteiger partial charge in [-0.3, -0.25) is 14.3 Å². The summed E-state index contributed by atoms with van der Waals surface area (Å²) in [5.41, 5.74) is 1.77. The molecule has 1 saturated heterocycles. The molecule has 2 amide bonds. The van der Waals surface area contributed by atoms with Crippen molar-refractivity contribution in [1.82, 2.24) is 24.9 Å². The van der Waals surface area contributed by atoms with E-state index in [1.165, 1.54) is 12.8 Å². The Kier molecular flexibility index (Phi) is 5.80. The lowest BCUT2D eigenvalue weighted by molar-refractivity contribution is 0.0683. The topological polar surface area (TPSA) is 79.7 Å². The van der Waals surface area contributed by atoms with Crippen molar-refractivity contribution in [3.63, 3.8) is 0 Å². The van der Waals surface area contributed by atoms with Crippen LogP contribution >= 0.6 is 0 Å². The van der Waals surface area contributed by atoms with Gasteiger partial charge in [0.05, 0.1) is 13.7 Å². The number of amides is 2. The Bertz CT molecular complexity index is 888. The molecule has 1 aromatic carbocycles. The molecule has 0 radical (unpaired) electrons. The average molecular weight is 397 g/mol. The van der Waals surface area contributed by atoms with E-state index in [-0.39, 0.29) is 11.8 Å². The fourth-order valence-electron chi connectivity index (χ4n) is 3.92. The van der Waals surface area contributed by atoms with E-state index in [4.69, 9.17) is 4.74 Å². The van der Waals surface area contributed by atoms with Gasteiger partial charge in [-0.15, -0.1) is 0 Å². The summed E-state index contributed by atoms with van der Waals surface area (Å²) in [7, 11) is 1.63. The van der Waals surface area contributed by atoms with Crippen molar-refractivity contribution in [2.45, 2.75) is 25.9 Å². The highest BCUT2D eigenvalue weighted by molar-refractivity contribution is 5.98. The van der Waals surface area contributed by atoms with Crippen molar-refractivity contribution < 1.29 is 14.3 Å². The second-order valence-corrected chi connectivity index (χ2v) is 7.52. The number of fused-ring (bicyclic) bond motifs is 1. The maximum absolute atomic E-state index is 12.9. The summed E-state index contributed by atoms with van der Waals surface area (Å²) in [4.78, 5) is 29.5. The van der Waals surface area contributed by atoms with Gasteiger partial charge in [-0.05, 0) is 43.6 Å². The molecular formula is C21H27N5O3. The van der Waals surface area contributed by atoms with Crippen molar-refractivity contribution in [2.75, 3.05) is 39.8 Å². The maximum Gasteiger partial charge on any atom is 0.272 e.